The maximum atomic E-state index is 6.21. The van der Waals surface area contributed by atoms with Gasteiger partial charge in [0.15, 0.2) is 0 Å². The van der Waals surface area contributed by atoms with Crippen molar-refractivity contribution in [1.82, 2.24) is 5.32 Å². The molecule has 2 nitrogen and oxygen atoms in total. The smallest absolute Gasteiger partial charge is 0.0683 e. The molecule has 0 radical (unpaired) electrons. The van der Waals surface area contributed by atoms with E-state index in [2.05, 4.69) is 34.5 Å². The Labute approximate surface area is 117 Å². The highest BCUT2D eigenvalue weighted by Gasteiger charge is 2.16. The molecule has 1 aromatic carbocycles. The van der Waals surface area contributed by atoms with Gasteiger partial charge in [-0.25, -0.2) is 0 Å². The van der Waals surface area contributed by atoms with Crippen molar-refractivity contribution in [2.45, 2.75) is 6.04 Å². The van der Waals surface area contributed by atoms with Crippen LogP contribution in [0.4, 0.5) is 5.69 Å². The molecule has 1 unspecified atom stereocenters. The second-order valence-corrected chi connectivity index (χ2v) is 5.70. The van der Waals surface area contributed by atoms with E-state index in [-0.39, 0.29) is 6.04 Å². The number of nitrogens with zero attached hydrogens (tertiary/aromatic N) is 1. The second-order valence-electron chi connectivity index (χ2n) is 4.34. The summed E-state index contributed by atoms with van der Waals surface area (Å²) in [5, 5.41) is 6.18. The summed E-state index contributed by atoms with van der Waals surface area (Å²) >= 11 is 7.89. The Hall–Kier alpha value is -1.03. The van der Waals surface area contributed by atoms with E-state index in [1.54, 1.807) is 11.3 Å². The fraction of sp³-hybridized carbons (Fsp3) is 0.286. The predicted octanol–water partition coefficient (Wildman–Crippen LogP) is 3.78. The Bertz CT molecular complexity index is 505. The van der Waals surface area contributed by atoms with Crippen LogP contribution in [0.1, 0.15) is 16.5 Å². The molecule has 2 rings (SSSR count). The minimum absolute atomic E-state index is 0.161. The summed E-state index contributed by atoms with van der Waals surface area (Å²) in [4.78, 5) is 3.26. The fourth-order valence-corrected chi connectivity index (χ4v) is 3.23. The summed E-state index contributed by atoms with van der Waals surface area (Å²) in [5.74, 6) is 0. The lowest BCUT2D eigenvalue weighted by Gasteiger charge is -2.18. The average Bonchev–Trinajstić information content (AvgIpc) is 2.78. The Morgan fingerprint density at radius 1 is 1.17 bits per heavy atom. The van der Waals surface area contributed by atoms with Crippen LogP contribution in [0, 0.1) is 0 Å². The van der Waals surface area contributed by atoms with E-state index in [4.69, 9.17) is 11.6 Å². The minimum Gasteiger partial charge on any atom is -0.378 e. The van der Waals surface area contributed by atoms with Crippen LogP contribution in [-0.4, -0.2) is 21.1 Å². The van der Waals surface area contributed by atoms with E-state index in [9.17, 15) is 0 Å². The highest BCUT2D eigenvalue weighted by atomic mass is 35.5. The van der Waals surface area contributed by atoms with Crippen LogP contribution in [-0.2, 0) is 0 Å². The summed E-state index contributed by atoms with van der Waals surface area (Å²) < 4.78 is 0. The SMILES string of the molecule is CNC(c1ccc(N(C)C)cc1)c1sccc1Cl. The van der Waals surface area contributed by atoms with Crippen LogP contribution in [0.5, 0.6) is 0 Å². The topological polar surface area (TPSA) is 15.3 Å². The molecule has 1 heterocycles. The summed E-state index contributed by atoms with van der Waals surface area (Å²) in [5.41, 5.74) is 2.43. The number of nitrogens with one attached hydrogen (secondary N) is 1. The van der Waals surface area contributed by atoms with Crippen LogP contribution in [0.25, 0.3) is 0 Å². The first-order chi connectivity index (χ1) is 8.63. The Morgan fingerprint density at radius 2 is 1.83 bits per heavy atom. The third-order valence-electron chi connectivity index (χ3n) is 2.94. The first-order valence-corrected chi connectivity index (χ1v) is 7.06. The molecule has 0 aliphatic rings. The van der Waals surface area contributed by atoms with Crippen molar-refractivity contribution < 1.29 is 0 Å². The molecule has 1 aromatic heterocycles. The van der Waals surface area contributed by atoms with Gasteiger partial charge >= 0.3 is 0 Å². The molecule has 4 heteroatoms. The Morgan fingerprint density at radius 3 is 2.28 bits per heavy atom. The molecule has 18 heavy (non-hydrogen) atoms. The van der Waals surface area contributed by atoms with Gasteiger partial charge in [0.25, 0.3) is 0 Å². The molecule has 0 amide bonds. The van der Waals surface area contributed by atoms with Gasteiger partial charge in [0.05, 0.1) is 11.1 Å². The van der Waals surface area contributed by atoms with E-state index < -0.39 is 0 Å². The van der Waals surface area contributed by atoms with Crippen molar-refractivity contribution in [3.05, 3.63) is 51.2 Å². The third kappa shape index (κ3) is 2.69. The zero-order valence-electron chi connectivity index (χ0n) is 10.8. The largest absolute Gasteiger partial charge is 0.378 e. The van der Waals surface area contributed by atoms with Crippen molar-refractivity contribution in [2.75, 3.05) is 26.0 Å². The molecule has 0 bridgehead atoms. The molecule has 96 valence electrons. The van der Waals surface area contributed by atoms with Gasteiger partial charge in [0.2, 0.25) is 0 Å². The van der Waals surface area contributed by atoms with Gasteiger partial charge in [-0.2, -0.15) is 0 Å². The maximum Gasteiger partial charge on any atom is 0.0683 e. The number of rotatable bonds is 4. The highest BCUT2D eigenvalue weighted by molar-refractivity contribution is 7.10. The number of benzene rings is 1. The number of hydrogen-bond acceptors (Lipinski definition) is 3. The lowest BCUT2D eigenvalue weighted by Crippen LogP contribution is -2.17. The van der Waals surface area contributed by atoms with Crippen LogP contribution in [0.15, 0.2) is 35.7 Å². The Balaban J connectivity index is 2.31. The van der Waals surface area contributed by atoms with E-state index >= 15 is 0 Å². The van der Waals surface area contributed by atoms with Crippen LogP contribution >= 0.6 is 22.9 Å². The molecule has 0 spiro atoms. The quantitative estimate of drug-likeness (QED) is 0.917. The van der Waals surface area contributed by atoms with Crippen molar-refractivity contribution >= 4 is 28.6 Å². The Kier molecular flexibility index (Phi) is 4.27. The van der Waals surface area contributed by atoms with E-state index in [0.29, 0.717) is 0 Å². The number of anilines is 1. The average molecular weight is 281 g/mol. The first kappa shape index (κ1) is 13.4. The van der Waals surface area contributed by atoms with Crippen molar-refractivity contribution in [2.24, 2.45) is 0 Å². The number of thiophene rings is 1. The molecule has 0 aliphatic carbocycles. The van der Waals surface area contributed by atoms with Gasteiger partial charge in [-0.05, 0) is 36.2 Å². The van der Waals surface area contributed by atoms with Crippen molar-refractivity contribution in [1.29, 1.82) is 0 Å². The summed E-state index contributed by atoms with van der Waals surface area (Å²) in [6.07, 6.45) is 0. The van der Waals surface area contributed by atoms with Gasteiger partial charge in [-0.15, -0.1) is 11.3 Å². The molecule has 0 aliphatic heterocycles. The fourth-order valence-electron chi connectivity index (χ4n) is 1.93. The summed E-state index contributed by atoms with van der Waals surface area (Å²) in [6.45, 7) is 0. The van der Waals surface area contributed by atoms with Crippen LogP contribution < -0.4 is 10.2 Å². The zero-order chi connectivity index (χ0) is 13.1. The van der Waals surface area contributed by atoms with Gasteiger partial charge in [0.1, 0.15) is 0 Å². The van der Waals surface area contributed by atoms with Crippen molar-refractivity contribution in [3.8, 4) is 0 Å². The van der Waals surface area contributed by atoms with E-state index in [1.807, 2.05) is 32.6 Å². The summed E-state index contributed by atoms with van der Waals surface area (Å²) in [6, 6.07) is 10.6. The normalized spacial score (nSPS) is 12.4. The molecule has 0 saturated heterocycles. The molecule has 2 aromatic rings. The number of halogens is 1. The van der Waals surface area contributed by atoms with Gasteiger partial charge in [0, 0.05) is 24.7 Å². The molecule has 0 saturated carbocycles. The molecule has 1 atom stereocenters. The predicted molar refractivity (Wildman–Crippen MR) is 81.0 cm³/mol. The van der Waals surface area contributed by atoms with E-state index in [1.165, 1.54) is 11.3 Å². The van der Waals surface area contributed by atoms with Crippen LogP contribution in [0.3, 0.4) is 0 Å². The highest BCUT2D eigenvalue weighted by Crippen LogP contribution is 2.33. The lowest BCUT2D eigenvalue weighted by atomic mass is 10.0. The standard InChI is InChI=1S/C14H17ClN2S/c1-16-13(14-12(15)8-9-18-14)10-4-6-11(7-5-10)17(2)3/h4-9,13,16H,1-3H3. The molecule has 0 fully saturated rings. The molecule has 1 N–H and O–H groups in total. The maximum absolute atomic E-state index is 6.21. The van der Waals surface area contributed by atoms with Gasteiger partial charge in [-0.1, -0.05) is 23.7 Å². The van der Waals surface area contributed by atoms with Gasteiger partial charge in [-0.3, -0.25) is 0 Å². The monoisotopic (exact) mass is 280 g/mol. The van der Waals surface area contributed by atoms with E-state index in [0.717, 1.165) is 9.90 Å². The molecular weight excluding hydrogens is 264 g/mol. The molecular formula is C14H17ClN2S. The third-order valence-corrected chi connectivity index (χ3v) is 4.36. The summed E-state index contributed by atoms with van der Waals surface area (Å²) in [7, 11) is 6.04. The minimum atomic E-state index is 0.161. The zero-order valence-corrected chi connectivity index (χ0v) is 12.3. The van der Waals surface area contributed by atoms with Gasteiger partial charge < -0.3 is 10.2 Å². The second kappa shape index (κ2) is 5.74. The first-order valence-electron chi connectivity index (χ1n) is 5.81. The van der Waals surface area contributed by atoms with Crippen molar-refractivity contribution in [3.63, 3.8) is 0 Å². The number of hydrogen-bond donors (Lipinski definition) is 1. The lowest BCUT2D eigenvalue weighted by molar-refractivity contribution is 0.704. The van der Waals surface area contributed by atoms with Crippen LogP contribution in [0.2, 0.25) is 5.02 Å².